The Hall–Kier alpha value is -1.85. The standard InChI is InChI=1S/C9H6O2/c1-3-4-5-6-7-8(2)9(10)11/h1,8H,2H3,(H,10,11). The molecule has 2 nitrogen and oxygen atoms in total. The summed E-state index contributed by atoms with van der Waals surface area (Å²) < 4.78 is 0. The molecule has 0 spiro atoms. The van der Waals surface area contributed by atoms with Gasteiger partial charge >= 0.3 is 5.97 Å². The third-order valence-electron chi connectivity index (χ3n) is 0.856. The summed E-state index contributed by atoms with van der Waals surface area (Å²) in [5.74, 6) is 9.70. The van der Waals surface area contributed by atoms with Crippen LogP contribution in [0.25, 0.3) is 0 Å². The summed E-state index contributed by atoms with van der Waals surface area (Å²) >= 11 is 0. The highest BCUT2D eigenvalue weighted by atomic mass is 16.4. The van der Waals surface area contributed by atoms with Gasteiger partial charge in [0.25, 0.3) is 0 Å². The van der Waals surface area contributed by atoms with Gasteiger partial charge in [0.1, 0.15) is 5.92 Å². The van der Waals surface area contributed by atoms with Gasteiger partial charge in [-0.05, 0) is 30.6 Å². The van der Waals surface area contributed by atoms with Gasteiger partial charge in [-0.2, -0.15) is 0 Å². The van der Waals surface area contributed by atoms with E-state index in [-0.39, 0.29) is 0 Å². The molecule has 0 fully saturated rings. The van der Waals surface area contributed by atoms with Gasteiger partial charge in [-0.1, -0.05) is 5.92 Å². The van der Waals surface area contributed by atoms with E-state index in [9.17, 15) is 4.79 Å². The SMILES string of the molecule is C#CC#CC#CC(C)C(=O)O. The van der Waals surface area contributed by atoms with Crippen LogP contribution in [0.4, 0.5) is 0 Å². The van der Waals surface area contributed by atoms with E-state index >= 15 is 0 Å². The molecule has 0 saturated carbocycles. The minimum absolute atomic E-state index is 0.693. The lowest BCUT2D eigenvalue weighted by Crippen LogP contribution is -2.05. The first-order chi connectivity index (χ1) is 5.18. The van der Waals surface area contributed by atoms with Crippen LogP contribution in [0.2, 0.25) is 0 Å². The topological polar surface area (TPSA) is 37.3 Å². The minimum atomic E-state index is -0.958. The van der Waals surface area contributed by atoms with Crippen LogP contribution in [0.3, 0.4) is 0 Å². The quantitative estimate of drug-likeness (QED) is 0.542. The van der Waals surface area contributed by atoms with E-state index in [4.69, 9.17) is 11.5 Å². The molecule has 0 aliphatic heterocycles. The highest BCUT2D eigenvalue weighted by molar-refractivity contribution is 5.73. The molecule has 0 aliphatic rings. The number of carboxylic acids is 1. The second-order valence-corrected chi connectivity index (χ2v) is 1.72. The van der Waals surface area contributed by atoms with Crippen molar-refractivity contribution in [3.63, 3.8) is 0 Å². The Morgan fingerprint density at radius 1 is 1.45 bits per heavy atom. The molecule has 11 heavy (non-hydrogen) atoms. The average Bonchev–Trinajstić information content (AvgIpc) is 1.97. The summed E-state index contributed by atoms with van der Waals surface area (Å²) in [5, 5.41) is 8.35. The second kappa shape index (κ2) is 4.98. The first-order valence-corrected chi connectivity index (χ1v) is 2.87. The first kappa shape index (κ1) is 9.15. The van der Waals surface area contributed by atoms with Crippen molar-refractivity contribution in [2.45, 2.75) is 6.92 Å². The summed E-state index contributed by atoms with van der Waals surface area (Å²) in [7, 11) is 0. The fraction of sp³-hybridized carbons (Fsp3) is 0.222. The van der Waals surface area contributed by atoms with Crippen LogP contribution in [-0.4, -0.2) is 11.1 Å². The predicted octanol–water partition coefficient (Wildman–Crippen LogP) is 0.347. The van der Waals surface area contributed by atoms with E-state index < -0.39 is 11.9 Å². The second-order valence-electron chi connectivity index (χ2n) is 1.72. The van der Waals surface area contributed by atoms with Crippen molar-refractivity contribution >= 4 is 5.97 Å². The van der Waals surface area contributed by atoms with Crippen molar-refractivity contribution in [1.29, 1.82) is 0 Å². The van der Waals surface area contributed by atoms with Gasteiger partial charge in [-0.15, -0.1) is 6.42 Å². The highest BCUT2D eigenvalue weighted by Crippen LogP contribution is 1.89. The molecule has 0 rings (SSSR count). The minimum Gasteiger partial charge on any atom is -0.480 e. The molecule has 0 bridgehead atoms. The van der Waals surface area contributed by atoms with E-state index in [0.717, 1.165) is 0 Å². The van der Waals surface area contributed by atoms with Crippen LogP contribution in [0.5, 0.6) is 0 Å². The van der Waals surface area contributed by atoms with Gasteiger partial charge in [0, 0.05) is 0 Å². The van der Waals surface area contributed by atoms with E-state index in [1.165, 1.54) is 6.92 Å². The largest absolute Gasteiger partial charge is 0.480 e. The molecule has 54 valence electrons. The van der Waals surface area contributed by atoms with E-state index in [1.54, 1.807) is 0 Å². The molecule has 0 aromatic carbocycles. The third kappa shape index (κ3) is 4.64. The number of carboxylic acid groups (broad SMARTS) is 1. The number of carbonyl (C=O) groups is 1. The Morgan fingerprint density at radius 2 is 2.09 bits per heavy atom. The Morgan fingerprint density at radius 3 is 2.55 bits per heavy atom. The molecule has 0 aromatic heterocycles. The molecule has 0 aliphatic carbocycles. The zero-order valence-corrected chi connectivity index (χ0v) is 6.01. The number of hydrogen-bond acceptors (Lipinski definition) is 1. The lowest BCUT2D eigenvalue weighted by Gasteiger charge is -1.89. The van der Waals surface area contributed by atoms with Crippen molar-refractivity contribution in [3.05, 3.63) is 0 Å². The third-order valence-corrected chi connectivity index (χ3v) is 0.856. The molecule has 1 N–H and O–H groups in total. The molecular weight excluding hydrogens is 140 g/mol. The fourth-order valence-electron chi connectivity index (χ4n) is 0.273. The highest BCUT2D eigenvalue weighted by Gasteiger charge is 2.04. The average molecular weight is 146 g/mol. The Balaban J connectivity index is 4.11. The molecule has 2 heteroatoms. The van der Waals surface area contributed by atoms with Crippen molar-refractivity contribution in [3.8, 4) is 36.0 Å². The fourth-order valence-corrected chi connectivity index (χ4v) is 0.273. The lowest BCUT2D eigenvalue weighted by molar-refractivity contribution is -0.139. The molecular formula is C9H6O2. The Bertz CT molecular complexity index is 298. The van der Waals surface area contributed by atoms with E-state index in [2.05, 4.69) is 29.6 Å². The van der Waals surface area contributed by atoms with Gasteiger partial charge in [0.15, 0.2) is 0 Å². The van der Waals surface area contributed by atoms with Crippen molar-refractivity contribution in [2.24, 2.45) is 5.92 Å². The maximum atomic E-state index is 10.2. The van der Waals surface area contributed by atoms with Crippen LogP contribution in [0, 0.1) is 41.9 Å². The molecule has 0 heterocycles. The number of rotatable bonds is 1. The maximum Gasteiger partial charge on any atom is 0.318 e. The van der Waals surface area contributed by atoms with Crippen LogP contribution < -0.4 is 0 Å². The molecule has 1 atom stereocenters. The molecule has 0 aromatic rings. The molecule has 0 amide bonds. The summed E-state index contributed by atoms with van der Waals surface area (Å²) in [6.07, 6.45) is 4.80. The van der Waals surface area contributed by atoms with Crippen molar-refractivity contribution in [1.82, 2.24) is 0 Å². The van der Waals surface area contributed by atoms with Gasteiger partial charge in [-0.25, -0.2) is 0 Å². The van der Waals surface area contributed by atoms with Gasteiger partial charge < -0.3 is 5.11 Å². The van der Waals surface area contributed by atoms with Crippen molar-refractivity contribution in [2.75, 3.05) is 0 Å². The summed E-state index contributed by atoms with van der Waals surface area (Å²) in [6, 6.07) is 0. The number of hydrogen-bond donors (Lipinski definition) is 1. The zero-order valence-electron chi connectivity index (χ0n) is 6.01. The van der Waals surface area contributed by atoms with Gasteiger partial charge in [0.2, 0.25) is 0 Å². The molecule has 0 saturated heterocycles. The van der Waals surface area contributed by atoms with Crippen LogP contribution in [0.1, 0.15) is 6.92 Å². The normalized spacial score (nSPS) is 9.09. The Labute approximate surface area is 65.6 Å². The summed E-state index contributed by atoms with van der Waals surface area (Å²) in [5.41, 5.74) is 0. The van der Waals surface area contributed by atoms with Crippen LogP contribution in [-0.2, 0) is 4.79 Å². The van der Waals surface area contributed by atoms with E-state index in [1.807, 2.05) is 0 Å². The zero-order chi connectivity index (χ0) is 8.69. The summed E-state index contributed by atoms with van der Waals surface area (Å²) in [6.45, 7) is 1.48. The Kier molecular flexibility index (Phi) is 4.14. The smallest absolute Gasteiger partial charge is 0.318 e. The molecule has 0 radical (unpaired) electrons. The van der Waals surface area contributed by atoms with Gasteiger partial charge in [0.05, 0.1) is 0 Å². The first-order valence-electron chi connectivity index (χ1n) is 2.87. The molecule has 1 unspecified atom stereocenters. The van der Waals surface area contributed by atoms with Gasteiger partial charge in [-0.3, -0.25) is 4.79 Å². The number of aliphatic carboxylic acids is 1. The maximum absolute atomic E-state index is 10.2. The van der Waals surface area contributed by atoms with Crippen molar-refractivity contribution < 1.29 is 9.90 Å². The van der Waals surface area contributed by atoms with Crippen LogP contribution >= 0.6 is 0 Å². The predicted molar refractivity (Wildman–Crippen MR) is 41.2 cm³/mol. The lowest BCUT2D eigenvalue weighted by atomic mass is 10.2. The summed E-state index contributed by atoms with van der Waals surface area (Å²) in [4.78, 5) is 10.2. The van der Waals surface area contributed by atoms with E-state index in [0.29, 0.717) is 0 Å². The van der Waals surface area contributed by atoms with Crippen LogP contribution in [0.15, 0.2) is 0 Å². The monoisotopic (exact) mass is 146 g/mol. The number of terminal acetylenes is 1.